The van der Waals surface area contributed by atoms with Crippen LogP contribution in [0, 0.1) is 0 Å². The SMILES string of the molecule is COC(=O)c1c(/N=C(\C)N2CC3CCC(C2)O3)cnn1C. The molecule has 1 aromatic rings. The van der Waals surface area contributed by atoms with E-state index in [1.165, 1.54) is 11.8 Å². The number of rotatable bonds is 2. The molecule has 2 unspecified atom stereocenters. The first-order chi connectivity index (χ1) is 10.1. The molecule has 1 aromatic heterocycles. The van der Waals surface area contributed by atoms with E-state index in [2.05, 4.69) is 15.0 Å². The van der Waals surface area contributed by atoms with Gasteiger partial charge in [0, 0.05) is 20.1 Å². The van der Waals surface area contributed by atoms with Crippen molar-refractivity contribution in [3.63, 3.8) is 0 Å². The van der Waals surface area contributed by atoms with Crippen LogP contribution in [0.5, 0.6) is 0 Å². The van der Waals surface area contributed by atoms with Gasteiger partial charge in [0.15, 0.2) is 5.69 Å². The molecule has 2 aliphatic rings. The van der Waals surface area contributed by atoms with Gasteiger partial charge in [0.1, 0.15) is 11.5 Å². The summed E-state index contributed by atoms with van der Waals surface area (Å²) in [7, 11) is 3.06. The van der Waals surface area contributed by atoms with Gasteiger partial charge in [0.25, 0.3) is 0 Å². The molecule has 2 bridgehead atoms. The molecule has 0 aliphatic carbocycles. The molecule has 0 N–H and O–H groups in total. The van der Waals surface area contributed by atoms with Crippen molar-refractivity contribution in [2.24, 2.45) is 12.0 Å². The summed E-state index contributed by atoms with van der Waals surface area (Å²) in [4.78, 5) is 18.6. The van der Waals surface area contributed by atoms with Gasteiger partial charge in [-0.3, -0.25) is 4.68 Å². The highest BCUT2D eigenvalue weighted by Gasteiger charge is 2.34. The maximum Gasteiger partial charge on any atom is 0.358 e. The van der Waals surface area contributed by atoms with Crippen LogP contribution in [-0.2, 0) is 16.5 Å². The topological polar surface area (TPSA) is 68.9 Å². The molecule has 2 saturated heterocycles. The van der Waals surface area contributed by atoms with Crippen LogP contribution in [0.15, 0.2) is 11.2 Å². The molecule has 2 aliphatic heterocycles. The number of ether oxygens (including phenoxy) is 2. The number of aliphatic imine (C=N–C) groups is 1. The maximum atomic E-state index is 11.8. The van der Waals surface area contributed by atoms with E-state index in [-0.39, 0.29) is 0 Å². The summed E-state index contributed by atoms with van der Waals surface area (Å²) in [5.41, 5.74) is 0.911. The van der Waals surface area contributed by atoms with Gasteiger partial charge in [0.05, 0.1) is 25.5 Å². The van der Waals surface area contributed by atoms with E-state index in [9.17, 15) is 4.79 Å². The van der Waals surface area contributed by atoms with Gasteiger partial charge in [-0.2, -0.15) is 5.10 Å². The highest BCUT2D eigenvalue weighted by atomic mass is 16.5. The third kappa shape index (κ3) is 2.65. The van der Waals surface area contributed by atoms with Crippen molar-refractivity contribution in [2.75, 3.05) is 20.2 Å². The van der Waals surface area contributed by atoms with Crippen LogP contribution in [0.4, 0.5) is 5.69 Å². The summed E-state index contributed by atoms with van der Waals surface area (Å²) in [6, 6.07) is 0. The predicted molar refractivity (Wildman–Crippen MR) is 76.8 cm³/mol. The van der Waals surface area contributed by atoms with Crippen LogP contribution in [0.2, 0.25) is 0 Å². The third-order valence-electron chi connectivity index (χ3n) is 4.08. The first kappa shape index (κ1) is 14.1. The summed E-state index contributed by atoms with van der Waals surface area (Å²) >= 11 is 0. The van der Waals surface area contributed by atoms with Crippen molar-refractivity contribution in [2.45, 2.75) is 32.0 Å². The number of carbonyl (C=O) groups excluding carboxylic acids is 1. The number of aryl methyl sites for hydroxylation is 1. The van der Waals surface area contributed by atoms with Crippen molar-refractivity contribution in [3.05, 3.63) is 11.9 Å². The quantitative estimate of drug-likeness (QED) is 0.464. The molecule has 3 heterocycles. The van der Waals surface area contributed by atoms with Crippen molar-refractivity contribution < 1.29 is 14.3 Å². The minimum atomic E-state index is -0.427. The second kappa shape index (κ2) is 5.48. The fraction of sp³-hybridized carbons (Fsp3) is 0.643. The largest absolute Gasteiger partial charge is 0.464 e. The standard InChI is InChI=1S/C14H20N4O3/c1-9(18-7-10-4-5-11(8-18)21-10)16-12-6-15-17(2)13(12)14(19)20-3/h6,10-11H,4-5,7-8H2,1-3H3/b16-9+. The highest BCUT2D eigenvalue weighted by Crippen LogP contribution is 2.27. The Labute approximate surface area is 123 Å². The van der Waals surface area contributed by atoms with E-state index in [1.807, 2.05) is 6.92 Å². The lowest BCUT2D eigenvalue weighted by atomic mass is 10.2. The van der Waals surface area contributed by atoms with E-state index in [4.69, 9.17) is 9.47 Å². The van der Waals surface area contributed by atoms with Gasteiger partial charge in [-0.05, 0) is 19.8 Å². The second-order valence-corrected chi connectivity index (χ2v) is 5.52. The zero-order chi connectivity index (χ0) is 15.0. The Kier molecular flexibility index (Phi) is 3.67. The summed E-state index contributed by atoms with van der Waals surface area (Å²) in [5, 5.41) is 4.09. The van der Waals surface area contributed by atoms with Gasteiger partial charge in [-0.25, -0.2) is 9.79 Å². The molecule has 0 radical (unpaired) electrons. The molecule has 2 atom stereocenters. The van der Waals surface area contributed by atoms with Crippen LogP contribution in [0.25, 0.3) is 0 Å². The molecule has 0 aromatic carbocycles. The van der Waals surface area contributed by atoms with Crippen LogP contribution in [-0.4, -0.2) is 58.9 Å². The number of amidine groups is 1. The zero-order valence-electron chi connectivity index (χ0n) is 12.6. The number of carbonyl (C=O) groups is 1. The Morgan fingerprint density at radius 1 is 1.43 bits per heavy atom. The van der Waals surface area contributed by atoms with E-state index >= 15 is 0 Å². The number of hydrogen-bond donors (Lipinski definition) is 0. The second-order valence-electron chi connectivity index (χ2n) is 5.52. The first-order valence-electron chi connectivity index (χ1n) is 7.14. The molecule has 7 heteroatoms. The van der Waals surface area contributed by atoms with Gasteiger partial charge in [-0.1, -0.05) is 0 Å². The van der Waals surface area contributed by atoms with Gasteiger partial charge in [0.2, 0.25) is 0 Å². The fourth-order valence-corrected chi connectivity index (χ4v) is 2.97. The lowest BCUT2D eigenvalue weighted by Gasteiger charge is -2.33. The summed E-state index contributed by atoms with van der Waals surface area (Å²) in [5.74, 6) is 0.456. The Balaban J connectivity index is 1.83. The number of hydrogen-bond acceptors (Lipinski definition) is 5. The summed E-state index contributed by atoms with van der Waals surface area (Å²) in [6.45, 7) is 3.68. The number of likely N-dealkylation sites (tertiary alicyclic amines) is 1. The van der Waals surface area contributed by atoms with E-state index in [0.717, 1.165) is 31.8 Å². The van der Waals surface area contributed by atoms with Crippen LogP contribution >= 0.6 is 0 Å². The summed E-state index contributed by atoms with van der Waals surface area (Å²) in [6.07, 6.45) is 4.44. The number of aromatic nitrogens is 2. The monoisotopic (exact) mass is 292 g/mol. The molecule has 21 heavy (non-hydrogen) atoms. The predicted octanol–water partition coefficient (Wildman–Crippen LogP) is 1.12. The molecule has 7 nitrogen and oxygen atoms in total. The molecule has 114 valence electrons. The molecule has 3 rings (SSSR count). The molecule has 0 spiro atoms. The normalized spacial score (nSPS) is 25.3. The number of methoxy groups -OCH3 is 1. The van der Waals surface area contributed by atoms with Gasteiger partial charge in [-0.15, -0.1) is 0 Å². The van der Waals surface area contributed by atoms with Crippen molar-refractivity contribution in [3.8, 4) is 0 Å². The summed E-state index contributed by atoms with van der Waals surface area (Å²) < 4.78 is 12.1. The molecule has 0 amide bonds. The van der Waals surface area contributed by atoms with Crippen LogP contribution in [0.3, 0.4) is 0 Å². The van der Waals surface area contributed by atoms with Crippen molar-refractivity contribution in [1.82, 2.24) is 14.7 Å². The minimum Gasteiger partial charge on any atom is -0.464 e. The molecule has 0 saturated carbocycles. The third-order valence-corrected chi connectivity index (χ3v) is 4.08. The number of nitrogens with zero attached hydrogens (tertiary/aromatic N) is 4. The van der Waals surface area contributed by atoms with E-state index < -0.39 is 5.97 Å². The van der Waals surface area contributed by atoms with Gasteiger partial charge >= 0.3 is 5.97 Å². The Bertz CT molecular complexity index is 569. The molecular formula is C14H20N4O3. The molecule has 2 fully saturated rings. The van der Waals surface area contributed by atoms with E-state index in [0.29, 0.717) is 23.6 Å². The van der Waals surface area contributed by atoms with Crippen LogP contribution < -0.4 is 0 Å². The molecular weight excluding hydrogens is 272 g/mol. The number of esters is 1. The highest BCUT2D eigenvalue weighted by molar-refractivity contribution is 5.94. The zero-order valence-corrected chi connectivity index (χ0v) is 12.6. The lowest BCUT2D eigenvalue weighted by Crippen LogP contribution is -2.44. The Hall–Kier alpha value is -1.89. The lowest BCUT2D eigenvalue weighted by molar-refractivity contribution is -0.0158. The first-order valence-corrected chi connectivity index (χ1v) is 7.14. The number of fused-ring (bicyclic) bond motifs is 2. The smallest absolute Gasteiger partial charge is 0.358 e. The number of morpholine rings is 1. The van der Waals surface area contributed by atoms with E-state index in [1.54, 1.807) is 13.2 Å². The Morgan fingerprint density at radius 3 is 2.71 bits per heavy atom. The average Bonchev–Trinajstić information content (AvgIpc) is 3.00. The minimum absolute atomic E-state index is 0.308. The fourth-order valence-electron chi connectivity index (χ4n) is 2.97. The average molecular weight is 292 g/mol. The van der Waals surface area contributed by atoms with Crippen LogP contribution in [0.1, 0.15) is 30.3 Å². The van der Waals surface area contributed by atoms with Crippen molar-refractivity contribution >= 4 is 17.5 Å². The maximum absolute atomic E-state index is 11.8. The van der Waals surface area contributed by atoms with Crippen molar-refractivity contribution in [1.29, 1.82) is 0 Å². The Morgan fingerprint density at radius 2 is 2.10 bits per heavy atom. The van der Waals surface area contributed by atoms with Gasteiger partial charge < -0.3 is 14.4 Å².